The van der Waals surface area contributed by atoms with Crippen LogP contribution in [0.15, 0.2) is 42.5 Å². The van der Waals surface area contributed by atoms with Crippen LogP contribution < -0.4 is 5.32 Å². The van der Waals surface area contributed by atoms with Crippen LogP contribution in [0.4, 0.5) is 0 Å². The van der Waals surface area contributed by atoms with Gasteiger partial charge in [-0.2, -0.15) is 4.68 Å². The van der Waals surface area contributed by atoms with Gasteiger partial charge in [-0.25, -0.2) is 0 Å². The number of nitrogens with zero attached hydrogens (tertiary/aromatic N) is 4. The highest BCUT2D eigenvalue weighted by molar-refractivity contribution is 5.84. The molecule has 6 heteroatoms. The molecule has 0 saturated carbocycles. The first-order valence-corrected chi connectivity index (χ1v) is 10.7. The Kier molecular flexibility index (Phi) is 5.43. The monoisotopic (exact) mass is 403 g/mol. The van der Waals surface area contributed by atoms with Gasteiger partial charge in [0.25, 0.3) is 0 Å². The van der Waals surface area contributed by atoms with Gasteiger partial charge in [0.05, 0.1) is 12.2 Å². The fourth-order valence-electron chi connectivity index (χ4n) is 4.42. The van der Waals surface area contributed by atoms with Crippen LogP contribution in [-0.4, -0.2) is 31.7 Å². The Hall–Kier alpha value is -2.99. The normalized spacial score (nSPS) is 13.6. The number of fused-ring (bicyclic) bond motifs is 1. The van der Waals surface area contributed by atoms with Crippen LogP contribution in [0.1, 0.15) is 48.5 Å². The number of hydrogen-bond acceptors (Lipinski definition) is 3. The molecule has 4 aromatic rings. The van der Waals surface area contributed by atoms with Gasteiger partial charge in [-0.1, -0.05) is 43.3 Å². The Bertz CT molecular complexity index is 1150. The number of hydrogen-bond donors (Lipinski definition) is 2. The summed E-state index contributed by atoms with van der Waals surface area (Å²) in [6.45, 7) is 11.8. The molecule has 0 radical (unpaired) electrons. The highest BCUT2D eigenvalue weighted by Gasteiger charge is 2.35. The second-order valence-electron chi connectivity index (χ2n) is 8.44. The van der Waals surface area contributed by atoms with E-state index in [9.17, 15) is 0 Å². The van der Waals surface area contributed by atoms with Crippen molar-refractivity contribution in [1.29, 1.82) is 0 Å². The SMILES string of the molecule is CC[C@@](C)([NH2+]CCc1c(C)[nH]c2ccccc12)c1nnnn1-c1c(C)cccc1C. The van der Waals surface area contributed by atoms with Crippen LogP contribution in [0.3, 0.4) is 0 Å². The van der Waals surface area contributed by atoms with Crippen LogP contribution >= 0.6 is 0 Å². The lowest BCUT2D eigenvalue weighted by Gasteiger charge is -2.25. The van der Waals surface area contributed by atoms with Crippen molar-refractivity contribution in [1.82, 2.24) is 25.2 Å². The number of aromatic nitrogens is 5. The van der Waals surface area contributed by atoms with Gasteiger partial charge in [-0.3, -0.25) is 0 Å². The van der Waals surface area contributed by atoms with Crippen molar-refractivity contribution < 1.29 is 5.32 Å². The molecular weight excluding hydrogens is 372 g/mol. The van der Waals surface area contributed by atoms with Crippen LogP contribution in [0.5, 0.6) is 0 Å². The van der Waals surface area contributed by atoms with Crippen molar-refractivity contribution in [2.24, 2.45) is 0 Å². The maximum atomic E-state index is 4.47. The number of para-hydroxylation sites is 2. The summed E-state index contributed by atoms with van der Waals surface area (Å²) in [5, 5.41) is 16.6. The first-order chi connectivity index (χ1) is 14.4. The van der Waals surface area contributed by atoms with E-state index >= 15 is 0 Å². The Labute approximate surface area is 177 Å². The molecule has 0 aliphatic rings. The minimum absolute atomic E-state index is 0.210. The van der Waals surface area contributed by atoms with E-state index in [1.807, 2.05) is 4.68 Å². The molecule has 6 nitrogen and oxygen atoms in total. The smallest absolute Gasteiger partial charge is 0.216 e. The third-order valence-electron chi connectivity index (χ3n) is 6.38. The molecule has 3 N–H and O–H groups in total. The third-order valence-corrected chi connectivity index (χ3v) is 6.38. The van der Waals surface area contributed by atoms with E-state index in [0.717, 1.165) is 30.9 Å². The van der Waals surface area contributed by atoms with E-state index < -0.39 is 0 Å². The second kappa shape index (κ2) is 8.03. The first kappa shape index (κ1) is 20.3. The van der Waals surface area contributed by atoms with E-state index in [0.29, 0.717) is 0 Å². The van der Waals surface area contributed by atoms with E-state index in [1.54, 1.807) is 0 Å². The number of aryl methyl sites for hydroxylation is 3. The van der Waals surface area contributed by atoms with Crippen LogP contribution in [0.25, 0.3) is 16.6 Å². The second-order valence-corrected chi connectivity index (χ2v) is 8.44. The molecule has 0 aliphatic heterocycles. The van der Waals surface area contributed by atoms with Crippen molar-refractivity contribution in [3.63, 3.8) is 0 Å². The average Bonchev–Trinajstić information content (AvgIpc) is 3.33. The predicted molar refractivity (Wildman–Crippen MR) is 120 cm³/mol. The van der Waals surface area contributed by atoms with Gasteiger partial charge < -0.3 is 10.3 Å². The van der Waals surface area contributed by atoms with E-state index in [-0.39, 0.29) is 5.54 Å². The highest BCUT2D eigenvalue weighted by Crippen LogP contribution is 2.25. The summed E-state index contributed by atoms with van der Waals surface area (Å²) in [5.74, 6) is 0.901. The number of nitrogens with one attached hydrogen (secondary N) is 1. The van der Waals surface area contributed by atoms with Gasteiger partial charge in [-0.05, 0) is 60.9 Å². The van der Waals surface area contributed by atoms with Crippen molar-refractivity contribution in [2.45, 2.75) is 53.0 Å². The number of nitrogens with two attached hydrogens (primary N) is 1. The summed E-state index contributed by atoms with van der Waals surface area (Å²) in [4.78, 5) is 3.51. The summed E-state index contributed by atoms with van der Waals surface area (Å²) in [5.41, 5.74) is 7.09. The Morgan fingerprint density at radius 3 is 2.50 bits per heavy atom. The van der Waals surface area contributed by atoms with Crippen LogP contribution in [-0.2, 0) is 12.0 Å². The quantitative estimate of drug-likeness (QED) is 0.496. The molecule has 0 amide bonds. The molecule has 2 heterocycles. The first-order valence-electron chi connectivity index (χ1n) is 10.7. The molecule has 2 aromatic heterocycles. The molecule has 0 fully saturated rings. The predicted octanol–water partition coefficient (Wildman–Crippen LogP) is 3.50. The van der Waals surface area contributed by atoms with Crippen LogP contribution in [0.2, 0.25) is 0 Å². The summed E-state index contributed by atoms with van der Waals surface area (Å²) < 4.78 is 1.93. The van der Waals surface area contributed by atoms with E-state index in [2.05, 4.69) is 103 Å². The van der Waals surface area contributed by atoms with Gasteiger partial charge in [0, 0.05) is 29.4 Å². The maximum Gasteiger partial charge on any atom is 0.216 e. The van der Waals surface area contributed by atoms with Gasteiger partial charge in [0.15, 0.2) is 5.54 Å². The molecule has 0 spiro atoms. The molecule has 0 saturated heterocycles. The zero-order valence-electron chi connectivity index (χ0n) is 18.5. The maximum absolute atomic E-state index is 4.47. The molecule has 0 unspecified atom stereocenters. The number of aromatic amines is 1. The van der Waals surface area contributed by atoms with Gasteiger partial charge in [-0.15, -0.1) is 5.10 Å². The lowest BCUT2D eigenvalue weighted by molar-refractivity contribution is -0.734. The number of H-pyrrole nitrogens is 1. The Morgan fingerprint density at radius 2 is 1.77 bits per heavy atom. The lowest BCUT2D eigenvalue weighted by atomic mass is 9.96. The minimum atomic E-state index is -0.210. The number of tetrazole rings is 1. The summed E-state index contributed by atoms with van der Waals surface area (Å²) in [6.07, 6.45) is 1.93. The molecule has 0 bridgehead atoms. The van der Waals surface area contributed by atoms with Crippen molar-refractivity contribution in [2.75, 3.05) is 6.54 Å². The topological polar surface area (TPSA) is 76.0 Å². The lowest BCUT2D eigenvalue weighted by Crippen LogP contribution is -2.94. The minimum Gasteiger partial charge on any atom is -0.358 e. The molecular formula is C24H31N6+. The van der Waals surface area contributed by atoms with Gasteiger partial charge >= 0.3 is 0 Å². The summed E-state index contributed by atoms with van der Waals surface area (Å²) in [7, 11) is 0. The van der Waals surface area contributed by atoms with Crippen LogP contribution in [0, 0.1) is 20.8 Å². The molecule has 30 heavy (non-hydrogen) atoms. The Morgan fingerprint density at radius 1 is 1.03 bits per heavy atom. The van der Waals surface area contributed by atoms with Crippen molar-refractivity contribution >= 4 is 10.9 Å². The molecule has 0 aliphatic carbocycles. The highest BCUT2D eigenvalue weighted by atomic mass is 15.6. The number of benzene rings is 2. The van der Waals surface area contributed by atoms with Gasteiger partial charge in [0.1, 0.15) is 0 Å². The summed E-state index contributed by atoms with van der Waals surface area (Å²) in [6, 6.07) is 14.8. The molecule has 1 atom stereocenters. The molecule has 4 rings (SSSR count). The largest absolute Gasteiger partial charge is 0.358 e. The van der Waals surface area contributed by atoms with Crippen molar-refractivity contribution in [3.05, 3.63) is 70.7 Å². The average molecular weight is 404 g/mol. The fraction of sp³-hybridized carbons (Fsp3) is 0.375. The summed E-state index contributed by atoms with van der Waals surface area (Å²) >= 11 is 0. The zero-order valence-corrected chi connectivity index (χ0v) is 18.5. The molecule has 2 aromatic carbocycles. The molecule has 156 valence electrons. The zero-order chi connectivity index (χ0) is 21.3. The third kappa shape index (κ3) is 3.52. The Balaban J connectivity index is 1.60. The van der Waals surface area contributed by atoms with E-state index in [1.165, 1.54) is 33.3 Å². The number of rotatable bonds is 7. The van der Waals surface area contributed by atoms with E-state index in [4.69, 9.17) is 0 Å². The fourth-order valence-corrected chi connectivity index (χ4v) is 4.42. The standard InChI is InChI=1S/C24H30N6/c1-6-24(5,23-27-28-29-30(23)22-16(2)10-9-11-17(22)3)25-15-14-19-18(4)26-21-13-8-7-12-20(19)21/h7-13,25-26H,6,14-15H2,1-5H3/p+1/t24-/m1/s1. The number of quaternary nitrogens is 1. The van der Waals surface area contributed by atoms with Crippen molar-refractivity contribution in [3.8, 4) is 5.69 Å². The van der Waals surface area contributed by atoms with Gasteiger partial charge in [0.2, 0.25) is 5.82 Å².